The SMILES string of the molecule is CN=C(N)NC[C@@]1([C@H](C)O)C#C[C@H]2CCC[C@]3(CNC)C[C@@H](CCN3)Oc3cc(c(CO)cc3O)C[C@H]2[C@@H](OC(C)=O)C[C@@H](O)CC1. The Morgan fingerprint density at radius 1 is 1.28 bits per heavy atom. The number of rotatable bonds is 7. The molecule has 9 N–H and O–H groups in total. The molecule has 8 atom stereocenters. The minimum atomic E-state index is -0.933. The number of phenolic OH excluding ortho intramolecular Hbond substituents is 1. The average molecular weight is 658 g/mol. The predicted molar refractivity (Wildman–Crippen MR) is 180 cm³/mol. The number of hydrogen-bond acceptors (Lipinski definition) is 10. The molecule has 47 heavy (non-hydrogen) atoms. The zero-order valence-corrected chi connectivity index (χ0v) is 28.3. The molecule has 12 heteroatoms. The van der Waals surface area contributed by atoms with Crippen molar-refractivity contribution in [3.8, 4) is 23.3 Å². The Labute approximate surface area is 278 Å². The zero-order valence-electron chi connectivity index (χ0n) is 28.3. The maximum atomic E-state index is 12.5. The number of likely N-dealkylation sites (N-methyl/N-ethyl adjacent to an activating group) is 1. The number of ether oxygens (including phenoxy) is 2. The highest BCUT2D eigenvalue weighted by atomic mass is 16.5. The highest BCUT2D eigenvalue weighted by molar-refractivity contribution is 5.77. The maximum absolute atomic E-state index is 12.5. The van der Waals surface area contributed by atoms with Crippen LogP contribution in [-0.2, 0) is 22.6 Å². The van der Waals surface area contributed by atoms with E-state index in [9.17, 15) is 25.2 Å². The first kappa shape index (κ1) is 36.8. The Morgan fingerprint density at radius 3 is 2.74 bits per heavy atom. The number of hydrogen-bond donors (Lipinski definition) is 8. The first-order valence-corrected chi connectivity index (χ1v) is 17.0. The highest BCUT2D eigenvalue weighted by Gasteiger charge is 2.41. The van der Waals surface area contributed by atoms with Crippen LogP contribution in [0.15, 0.2) is 17.1 Å². The Hall–Kier alpha value is -3.08. The molecule has 3 aliphatic rings. The molecule has 2 aliphatic heterocycles. The van der Waals surface area contributed by atoms with Crippen molar-refractivity contribution in [1.82, 2.24) is 16.0 Å². The molecule has 4 rings (SSSR count). The molecule has 0 aromatic heterocycles. The third-order valence-corrected chi connectivity index (χ3v) is 10.3. The number of aliphatic imine (C=N–C) groups is 1. The maximum Gasteiger partial charge on any atom is 0.302 e. The smallest absolute Gasteiger partial charge is 0.302 e. The van der Waals surface area contributed by atoms with Crippen molar-refractivity contribution in [2.45, 2.75) is 108 Å². The van der Waals surface area contributed by atoms with E-state index >= 15 is 0 Å². The van der Waals surface area contributed by atoms with Gasteiger partial charge in [-0.15, -0.1) is 0 Å². The largest absolute Gasteiger partial charge is 0.504 e. The number of esters is 1. The van der Waals surface area contributed by atoms with E-state index in [0.717, 1.165) is 44.3 Å². The van der Waals surface area contributed by atoms with Gasteiger partial charge < -0.3 is 51.6 Å². The molecule has 0 saturated carbocycles. The lowest BCUT2D eigenvalue weighted by molar-refractivity contribution is -0.152. The number of nitrogens with zero attached hydrogens (tertiary/aromatic N) is 1. The molecule has 4 bridgehead atoms. The van der Waals surface area contributed by atoms with Gasteiger partial charge in [-0.2, -0.15) is 0 Å². The number of piperidine rings is 1. The van der Waals surface area contributed by atoms with Crippen molar-refractivity contribution >= 4 is 11.9 Å². The number of nitrogens with two attached hydrogens (primary N) is 1. The number of guanidine groups is 1. The monoisotopic (exact) mass is 657 g/mol. The number of carbonyl (C=O) groups excluding carboxylic acids is 1. The van der Waals surface area contributed by atoms with Crippen LogP contribution in [-0.4, -0.2) is 96.0 Å². The summed E-state index contributed by atoms with van der Waals surface area (Å²) in [6.45, 7) is 4.50. The second-order valence-electron chi connectivity index (χ2n) is 13.7. The highest BCUT2D eigenvalue weighted by Crippen LogP contribution is 2.40. The fraction of sp³-hybridized carbons (Fsp3) is 0.714. The fourth-order valence-corrected chi connectivity index (χ4v) is 7.62. The van der Waals surface area contributed by atoms with E-state index in [1.807, 2.05) is 7.05 Å². The molecule has 1 saturated heterocycles. The lowest BCUT2D eigenvalue weighted by Gasteiger charge is -2.42. The summed E-state index contributed by atoms with van der Waals surface area (Å²) in [5, 5.41) is 54.0. The first-order valence-electron chi connectivity index (χ1n) is 17.0. The number of carbonyl (C=O) groups is 1. The van der Waals surface area contributed by atoms with Crippen LogP contribution in [0.25, 0.3) is 0 Å². The quantitative estimate of drug-likeness (QED) is 0.0913. The lowest BCUT2D eigenvalue weighted by atomic mass is 9.72. The van der Waals surface area contributed by atoms with Gasteiger partial charge in [0.15, 0.2) is 17.5 Å². The summed E-state index contributed by atoms with van der Waals surface area (Å²) < 4.78 is 12.4. The fourth-order valence-electron chi connectivity index (χ4n) is 7.62. The summed E-state index contributed by atoms with van der Waals surface area (Å²) in [5.74, 6) is 6.43. The number of aliphatic hydroxyl groups excluding tert-OH is 3. The van der Waals surface area contributed by atoms with E-state index in [2.05, 4.69) is 32.8 Å². The van der Waals surface area contributed by atoms with E-state index in [-0.39, 0.29) is 54.8 Å². The van der Waals surface area contributed by atoms with E-state index in [0.29, 0.717) is 37.0 Å². The molecule has 0 radical (unpaired) electrons. The average Bonchev–Trinajstić information content (AvgIpc) is 3.03. The Morgan fingerprint density at radius 2 is 2.06 bits per heavy atom. The van der Waals surface area contributed by atoms with Gasteiger partial charge >= 0.3 is 5.97 Å². The summed E-state index contributed by atoms with van der Waals surface area (Å²) in [7, 11) is 3.52. The van der Waals surface area contributed by atoms with Crippen LogP contribution in [0, 0.1) is 29.1 Å². The first-order chi connectivity index (χ1) is 22.4. The van der Waals surface area contributed by atoms with E-state index < -0.39 is 29.7 Å². The topological polar surface area (TPSA) is 191 Å². The molecule has 1 aromatic rings. The van der Waals surface area contributed by atoms with E-state index in [1.165, 1.54) is 6.92 Å². The van der Waals surface area contributed by atoms with Gasteiger partial charge in [0.05, 0.1) is 24.2 Å². The standard InChI is InChI=1S/C35H55N5O7/c1-22(42)34(20-39-33(36)38-4)11-7-24-6-5-10-35(21-37-3)18-28(9-13-40-35)47-32-16-25(26(19-41)15-30(32)45)14-29(24)31(46-23(2)43)17-27(44)8-12-34/h15-16,22,24,27-29,31,37,40-42,44-45H,5-6,8-10,12-14,17-21H2,1-4H3,(H3,36,38,39)/t22-,24+,27-,28+,29+,31-,34+,35+/m0/s1. The second-order valence-corrected chi connectivity index (χ2v) is 13.7. The van der Waals surface area contributed by atoms with Crippen molar-refractivity contribution in [3.63, 3.8) is 0 Å². The number of fused-ring (bicyclic) bond motifs is 5. The van der Waals surface area contributed by atoms with Crippen LogP contribution >= 0.6 is 0 Å². The molecular weight excluding hydrogens is 602 g/mol. The van der Waals surface area contributed by atoms with Crippen LogP contribution < -0.4 is 26.4 Å². The van der Waals surface area contributed by atoms with Gasteiger partial charge in [0.1, 0.15) is 12.2 Å². The van der Waals surface area contributed by atoms with Crippen LogP contribution in [0.3, 0.4) is 0 Å². The van der Waals surface area contributed by atoms with Gasteiger partial charge in [-0.25, -0.2) is 0 Å². The van der Waals surface area contributed by atoms with Crippen LogP contribution in [0.5, 0.6) is 11.5 Å². The molecule has 262 valence electrons. The number of aliphatic hydroxyl groups is 3. The van der Waals surface area contributed by atoms with Gasteiger partial charge in [0.2, 0.25) is 0 Å². The Bertz CT molecular complexity index is 1310. The summed E-state index contributed by atoms with van der Waals surface area (Å²) in [6.07, 6.45) is 2.61. The minimum absolute atomic E-state index is 0.0382. The minimum Gasteiger partial charge on any atom is -0.504 e. The molecule has 1 fully saturated rings. The molecule has 12 nitrogen and oxygen atoms in total. The summed E-state index contributed by atoms with van der Waals surface area (Å²) in [6, 6.07) is 3.34. The van der Waals surface area contributed by atoms with Gasteiger partial charge in [-0.1, -0.05) is 18.3 Å². The summed E-state index contributed by atoms with van der Waals surface area (Å²) >= 11 is 0. The predicted octanol–water partition coefficient (Wildman–Crippen LogP) is 1.31. The van der Waals surface area contributed by atoms with Gasteiger partial charge in [0, 0.05) is 57.3 Å². The van der Waals surface area contributed by atoms with Crippen molar-refractivity contribution in [3.05, 3.63) is 23.3 Å². The molecule has 1 aromatic carbocycles. The third-order valence-electron chi connectivity index (χ3n) is 10.3. The Balaban J connectivity index is 1.89. The molecule has 2 heterocycles. The van der Waals surface area contributed by atoms with Crippen molar-refractivity contribution in [2.75, 3.05) is 33.7 Å². The van der Waals surface area contributed by atoms with Crippen LogP contribution in [0.1, 0.15) is 76.3 Å². The van der Waals surface area contributed by atoms with Crippen LogP contribution in [0.2, 0.25) is 0 Å². The van der Waals surface area contributed by atoms with Crippen molar-refractivity contribution in [1.29, 1.82) is 0 Å². The second kappa shape index (κ2) is 16.3. The summed E-state index contributed by atoms with van der Waals surface area (Å²) in [5.41, 5.74) is 6.10. The third kappa shape index (κ3) is 9.30. The number of aromatic hydroxyl groups is 1. The van der Waals surface area contributed by atoms with Gasteiger partial charge in [0.25, 0.3) is 0 Å². The molecule has 1 aliphatic carbocycles. The van der Waals surface area contributed by atoms with Crippen LogP contribution in [0.4, 0.5) is 0 Å². The van der Waals surface area contributed by atoms with Gasteiger partial charge in [-0.3, -0.25) is 9.79 Å². The summed E-state index contributed by atoms with van der Waals surface area (Å²) in [4.78, 5) is 16.5. The van der Waals surface area contributed by atoms with Gasteiger partial charge in [-0.05, 0) is 82.3 Å². The normalized spacial score (nSPS) is 32.4. The molecular formula is C35H55N5O7. The molecule has 0 spiro atoms. The zero-order chi connectivity index (χ0) is 34.2. The Kier molecular flexibility index (Phi) is 12.8. The van der Waals surface area contributed by atoms with Crippen molar-refractivity contribution < 1.29 is 34.7 Å². The number of phenols is 1. The molecule has 0 unspecified atom stereocenters. The van der Waals surface area contributed by atoms with Crippen molar-refractivity contribution in [2.24, 2.45) is 28.0 Å². The number of nitrogens with one attached hydrogen (secondary N) is 3. The number of benzene rings is 1. The van der Waals surface area contributed by atoms with E-state index in [4.69, 9.17) is 15.2 Å². The van der Waals surface area contributed by atoms with E-state index in [1.54, 1.807) is 26.1 Å². The lowest BCUT2D eigenvalue weighted by Crippen LogP contribution is -2.58. The molecule has 0 amide bonds.